The molecule has 0 aliphatic rings. The summed E-state index contributed by atoms with van der Waals surface area (Å²) in [5.41, 5.74) is 1.49. The number of nitrogens with one attached hydrogen (secondary N) is 1. The third kappa shape index (κ3) is 3.33. The van der Waals surface area contributed by atoms with Gasteiger partial charge in [0, 0.05) is 5.56 Å². The fourth-order valence-electron chi connectivity index (χ4n) is 1.92. The zero-order chi connectivity index (χ0) is 14.8. The lowest BCUT2D eigenvalue weighted by Gasteiger charge is -2.22. The van der Waals surface area contributed by atoms with Crippen LogP contribution in [0.3, 0.4) is 0 Å². The average Bonchev–Trinajstić information content (AvgIpc) is 2.37. The zero-order valence-corrected chi connectivity index (χ0v) is 12.4. The van der Waals surface area contributed by atoms with E-state index in [1.807, 2.05) is 18.2 Å². The molecule has 1 amide bonds. The van der Waals surface area contributed by atoms with Gasteiger partial charge >= 0.3 is 0 Å². The van der Waals surface area contributed by atoms with Crippen LogP contribution in [0.1, 0.15) is 36.7 Å². The second-order valence-electron chi connectivity index (χ2n) is 5.48. The van der Waals surface area contributed by atoms with Crippen LogP contribution in [0.2, 0.25) is 5.15 Å². The smallest absolute Gasteiger partial charge is 0.257 e. The van der Waals surface area contributed by atoms with Crippen LogP contribution in [-0.2, 0) is 5.41 Å². The van der Waals surface area contributed by atoms with E-state index in [4.69, 9.17) is 11.6 Å². The van der Waals surface area contributed by atoms with Gasteiger partial charge < -0.3 is 5.32 Å². The Morgan fingerprint density at radius 3 is 2.55 bits per heavy atom. The van der Waals surface area contributed by atoms with E-state index in [1.165, 1.54) is 12.4 Å². The lowest BCUT2D eigenvalue weighted by Crippen LogP contribution is -2.21. The summed E-state index contributed by atoms with van der Waals surface area (Å²) in [6, 6.07) is 7.52. The van der Waals surface area contributed by atoms with E-state index in [9.17, 15) is 4.79 Å². The molecule has 1 N–H and O–H groups in total. The molecule has 0 radical (unpaired) electrons. The second kappa shape index (κ2) is 5.59. The summed E-state index contributed by atoms with van der Waals surface area (Å²) in [5.74, 6) is 0.123. The first-order chi connectivity index (χ1) is 9.38. The molecular weight excluding hydrogens is 274 g/mol. The number of hydrogen-bond donors (Lipinski definition) is 1. The lowest BCUT2D eigenvalue weighted by atomic mass is 9.83. The summed E-state index contributed by atoms with van der Waals surface area (Å²) in [4.78, 5) is 20.3. The van der Waals surface area contributed by atoms with Crippen LogP contribution in [0.25, 0.3) is 0 Å². The van der Waals surface area contributed by atoms with Crippen LogP contribution in [-0.4, -0.2) is 15.9 Å². The average molecular weight is 290 g/mol. The molecule has 20 heavy (non-hydrogen) atoms. The van der Waals surface area contributed by atoms with E-state index in [1.54, 1.807) is 6.07 Å². The number of anilines is 1. The van der Waals surface area contributed by atoms with Gasteiger partial charge in [-0.15, -0.1) is 0 Å². The van der Waals surface area contributed by atoms with Gasteiger partial charge in [0.05, 0.1) is 12.4 Å². The highest BCUT2D eigenvalue weighted by Gasteiger charge is 2.21. The summed E-state index contributed by atoms with van der Waals surface area (Å²) < 4.78 is 0. The Kier molecular flexibility index (Phi) is 4.04. The Bertz CT molecular complexity index is 635. The summed E-state index contributed by atoms with van der Waals surface area (Å²) in [5, 5.41) is 2.96. The molecule has 0 fully saturated rings. The largest absolute Gasteiger partial charge is 0.305 e. The van der Waals surface area contributed by atoms with Crippen LogP contribution < -0.4 is 5.32 Å². The highest BCUT2D eigenvalue weighted by atomic mass is 35.5. The number of aromatic nitrogens is 2. The van der Waals surface area contributed by atoms with Crippen LogP contribution in [0.5, 0.6) is 0 Å². The number of nitrogens with zero attached hydrogens (tertiary/aromatic N) is 2. The quantitative estimate of drug-likeness (QED) is 0.917. The molecule has 104 valence electrons. The Balaban J connectivity index is 2.31. The molecule has 0 atom stereocenters. The third-order valence-corrected chi connectivity index (χ3v) is 3.01. The van der Waals surface area contributed by atoms with E-state index < -0.39 is 0 Å². The van der Waals surface area contributed by atoms with Crippen molar-refractivity contribution < 1.29 is 4.79 Å². The van der Waals surface area contributed by atoms with Crippen LogP contribution >= 0.6 is 11.6 Å². The van der Waals surface area contributed by atoms with Gasteiger partial charge in [-0.05, 0) is 17.0 Å². The van der Waals surface area contributed by atoms with Gasteiger partial charge in [-0.1, -0.05) is 50.6 Å². The molecule has 0 saturated carbocycles. The minimum atomic E-state index is -0.216. The van der Waals surface area contributed by atoms with E-state index in [0.717, 1.165) is 5.56 Å². The molecule has 2 rings (SSSR count). The fraction of sp³-hybridized carbons (Fsp3) is 0.267. The number of hydrogen-bond acceptors (Lipinski definition) is 3. The van der Waals surface area contributed by atoms with Crippen molar-refractivity contribution in [3.63, 3.8) is 0 Å². The molecule has 0 aliphatic heterocycles. The van der Waals surface area contributed by atoms with E-state index in [2.05, 4.69) is 36.1 Å². The van der Waals surface area contributed by atoms with Gasteiger partial charge in [0.1, 0.15) is 5.15 Å². The lowest BCUT2D eigenvalue weighted by molar-refractivity contribution is 0.102. The molecule has 0 bridgehead atoms. The van der Waals surface area contributed by atoms with Crippen LogP contribution in [0.15, 0.2) is 36.7 Å². The number of carbonyl (C=O) groups excluding carboxylic acids is 1. The molecule has 1 aromatic heterocycles. The molecular formula is C15H16ClN3O. The van der Waals surface area contributed by atoms with Crippen molar-refractivity contribution in [2.24, 2.45) is 0 Å². The van der Waals surface area contributed by atoms with Gasteiger partial charge in [0.15, 0.2) is 5.82 Å². The van der Waals surface area contributed by atoms with Gasteiger partial charge in [0.25, 0.3) is 5.91 Å². The van der Waals surface area contributed by atoms with Crippen LogP contribution in [0.4, 0.5) is 5.82 Å². The van der Waals surface area contributed by atoms with Crippen molar-refractivity contribution in [1.29, 1.82) is 0 Å². The minimum Gasteiger partial charge on any atom is -0.305 e. The Morgan fingerprint density at radius 2 is 1.90 bits per heavy atom. The van der Waals surface area contributed by atoms with Crippen LogP contribution in [0, 0.1) is 0 Å². The zero-order valence-electron chi connectivity index (χ0n) is 11.6. The summed E-state index contributed by atoms with van der Waals surface area (Å²) in [6.07, 6.45) is 2.88. The number of halogens is 1. The highest BCUT2D eigenvalue weighted by Crippen LogP contribution is 2.26. The van der Waals surface area contributed by atoms with Gasteiger partial charge in [0.2, 0.25) is 0 Å². The maximum absolute atomic E-state index is 12.4. The monoisotopic (exact) mass is 289 g/mol. The first-order valence-electron chi connectivity index (χ1n) is 6.26. The molecule has 2 aromatic rings. The normalized spacial score (nSPS) is 11.2. The SMILES string of the molecule is CC(C)(C)c1ccccc1C(=O)Nc1cncc(Cl)n1. The van der Waals surface area contributed by atoms with E-state index in [-0.39, 0.29) is 16.5 Å². The van der Waals surface area contributed by atoms with Gasteiger partial charge in [-0.25, -0.2) is 4.98 Å². The third-order valence-electron chi connectivity index (χ3n) is 2.83. The number of carbonyl (C=O) groups is 1. The first-order valence-corrected chi connectivity index (χ1v) is 6.64. The van der Waals surface area contributed by atoms with Gasteiger partial charge in [-0.2, -0.15) is 0 Å². The summed E-state index contributed by atoms with van der Waals surface area (Å²) in [6.45, 7) is 6.20. The summed E-state index contributed by atoms with van der Waals surface area (Å²) >= 11 is 5.75. The Hall–Kier alpha value is -1.94. The standard InChI is InChI=1S/C15H16ClN3O/c1-15(2,3)11-7-5-4-6-10(11)14(20)19-13-9-17-8-12(16)18-13/h4-9H,1-3H3,(H,18,19,20). The maximum Gasteiger partial charge on any atom is 0.257 e. The van der Waals surface area contributed by atoms with Crippen molar-refractivity contribution in [1.82, 2.24) is 9.97 Å². The van der Waals surface area contributed by atoms with Crippen molar-refractivity contribution in [3.8, 4) is 0 Å². The summed E-state index contributed by atoms with van der Waals surface area (Å²) in [7, 11) is 0. The maximum atomic E-state index is 12.4. The molecule has 1 heterocycles. The first kappa shape index (κ1) is 14.5. The highest BCUT2D eigenvalue weighted by molar-refractivity contribution is 6.29. The molecule has 5 heteroatoms. The van der Waals surface area contributed by atoms with Crippen molar-refractivity contribution in [3.05, 3.63) is 52.9 Å². The topological polar surface area (TPSA) is 54.9 Å². The molecule has 0 spiro atoms. The fourth-order valence-corrected chi connectivity index (χ4v) is 2.07. The number of amides is 1. The van der Waals surface area contributed by atoms with E-state index >= 15 is 0 Å². The number of rotatable bonds is 2. The second-order valence-corrected chi connectivity index (χ2v) is 5.86. The number of benzene rings is 1. The van der Waals surface area contributed by atoms with Crippen molar-refractivity contribution in [2.45, 2.75) is 26.2 Å². The van der Waals surface area contributed by atoms with E-state index in [0.29, 0.717) is 11.4 Å². The van der Waals surface area contributed by atoms with Crippen molar-refractivity contribution in [2.75, 3.05) is 5.32 Å². The molecule has 0 unspecified atom stereocenters. The van der Waals surface area contributed by atoms with Crippen molar-refractivity contribution >= 4 is 23.3 Å². The minimum absolute atomic E-state index is 0.117. The Morgan fingerprint density at radius 1 is 1.20 bits per heavy atom. The predicted octanol–water partition coefficient (Wildman–Crippen LogP) is 3.68. The molecule has 1 aromatic carbocycles. The molecule has 4 nitrogen and oxygen atoms in total. The molecule has 0 aliphatic carbocycles. The predicted molar refractivity (Wildman–Crippen MR) is 80.1 cm³/mol. The Labute approximate surface area is 123 Å². The van der Waals surface area contributed by atoms with Gasteiger partial charge in [-0.3, -0.25) is 9.78 Å². The molecule has 0 saturated heterocycles.